The van der Waals surface area contributed by atoms with Crippen molar-refractivity contribution >= 4 is 17.9 Å². The molecule has 0 unspecified atom stereocenters. The van der Waals surface area contributed by atoms with E-state index in [-0.39, 0.29) is 11.7 Å². The molecule has 0 fully saturated rings. The smallest absolute Gasteiger partial charge is 0.251 e. The summed E-state index contributed by atoms with van der Waals surface area (Å²) in [5.41, 5.74) is 7.83. The first kappa shape index (κ1) is 25.7. The third-order valence-corrected chi connectivity index (χ3v) is 6.54. The number of imidazole rings is 1. The largest absolute Gasteiger partial charge is 0.507 e. The zero-order valence-corrected chi connectivity index (χ0v) is 21.8. The van der Waals surface area contributed by atoms with Gasteiger partial charge in [0.25, 0.3) is 5.91 Å². The van der Waals surface area contributed by atoms with E-state index >= 15 is 0 Å². The summed E-state index contributed by atoms with van der Waals surface area (Å²) in [7, 11) is 5.49. The van der Waals surface area contributed by atoms with Gasteiger partial charge in [-0.15, -0.1) is 0 Å². The minimum Gasteiger partial charge on any atom is -0.507 e. The molecule has 0 atom stereocenters. The van der Waals surface area contributed by atoms with Gasteiger partial charge in [0.2, 0.25) is 0 Å². The van der Waals surface area contributed by atoms with E-state index in [1.54, 1.807) is 13.1 Å². The monoisotopic (exact) mass is 496 g/mol. The van der Waals surface area contributed by atoms with Crippen LogP contribution in [0.4, 0.5) is 5.69 Å². The molecule has 190 valence electrons. The molecule has 1 amide bonds. The maximum absolute atomic E-state index is 12.9. The third-order valence-electron chi connectivity index (χ3n) is 6.54. The molecule has 0 radical (unpaired) electrons. The Morgan fingerprint density at radius 1 is 1.05 bits per heavy atom. The lowest BCUT2D eigenvalue weighted by atomic mass is 9.98. The van der Waals surface area contributed by atoms with Crippen LogP contribution in [-0.4, -0.2) is 48.4 Å². The number of aldehydes is 1. The Labute approximate surface area is 217 Å². The fourth-order valence-corrected chi connectivity index (χ4v) is 4.47. The van der Waals surface area contributed by atoms with Crippen LogP contribution in [-0.2, 0) is 12.8 Å². The highest BCUT2D eigenvalue weighted by atomic mass is 16.3. The van der Waals surface area contributed by atoms with Crippen molar-refractivity contribution in [3.63, 3.8) is 0 Å². The van der Waals surface area contributed by atoms with Crippen molar-refractivity contribution in [3.05, 3.63) is 88.1 Å². The minimum absolute atomic E-state index is 0.191. The Morgan fingerprint density at radius 3 is 2.43 bits per heavy atom. The summed E-state index contributed by atoms with van der Waals surface area (Å²) >= 11 is 0. The fourth-order valence-electron chi connectivity index (χ4n) is 4.47. The summed E-state index contributed by atoms with van der Waals surface area (Å²) < 4.78 is 0. The highest BCUT2D eigenvalue weighted by Gasteiger charge is 2.21. The van der Waals surface area contributed by atoms with Crippen molar-refractivity contribution in [2.75, 3.05) is 26.0 Å². The quantitative estimate of drug-likeness (QED) is 0.295. The number of aromatic hydroxyl groups is 1. The molecule has 3 N–H and O–H groups in total. The van der Waals surface area contributed by atoms with Gasteiger partial charge in [-0.3, -0.25) is 9.59 Å². The highest BCUT2D eigenvalue weighted by Crippen LogP contribution is 2.34. The van der Waals surface area contributed by atoms with Crippen molar-refractivity contribution in [3.8, 4) is 28.4 Å². The van der Waals surface area contributed by atoms with Crippen molar-refractivity contribution < 1.29 is 14.7 Å². The number of rotatable bonds is 8. The average molecular weight is 497 g/mol. The molecule has 7 heteroatoms. The second kappa shape index (κ2) is 10.7. The van der Waals surface area contributed by atoms with Crippen LogP contribution in [0.15, 0.2) is 54.6 Å². The molecule has 0 aliphatic carbocycles. The summed E-state index contributed by atoms with van der Waals surface area (Å²) in [6.45, 7) is 3.72. The summed E-state index contributed by atoms with van der Waals surface area (Å²) in [6, 6.07) is 17.1. The van der Waals surface area contributed by atoms with E-state index in [2.05, 4.69) is 10.3 Å². The van der Waals surface area contributed by atoms with Gasteiger partial charge < -0.3 is 20.3 Å². The van der Waals surface area contributed by atoms with Crippen molar-refractivity contribution in [1.29, 1.82) is 0 Å². The van der Waals surface area contributed by atoms with E-state index in [1.165, 1.54) is 0 Å². The number of phenols is 1. The summed E-state index contributed by atoms with van der Waals surface area (Å²) in [4.78, 5) is 34.6. The number of phenolic OH excluding ortho intramolecular Hbond substituents is 1. The zero-order valence-electron chi connectivity index (χ0n) is 21.8. The van der Waals surface area contributed by atoms with E-state index < -0.39 is 0 Å². The number of H-pyrrole nitrogens is 1. The van der Waals surface area contributed by atoms with Crippen molar-refractivity contribution in [2.45, 2.75) is 26.7 Å². The Morgan fingerprint density at radius 2 is 1.78 bits per heavy atom. The predicted octanol–water partition coefficient (Wildman–Crippen LogP) is 5.09. The van der Waals surface area contributed by atoms with Crippen LogP contribution in [0.5, 0.6) is 5.75 Å². The molecule has 0 aliphatic rings. The first-order chi connectivity index (χ1) is 17.7. The van der Waals surface area contributed by atoms with E-state index in [9.17, 15) is 14.7 Å². The van der Waals surface area contributed by atoms with Gasteiger partial charge in [-0.05, 0) is 79.8 Å². The molecule has 0 bridgehead atoms. The van der Waals surface area contributed by atoms with Crippen molar-refractivity contribution in [2.24, 2.45) is 0 Å². The van der Waals surface area contributed by atoms with Gasteiger partial charge in [-0.2, -0.15) is 0 Å². The Bertz CT molecular complexity index is 1450. The molecule has 7 nitrogen and oxygen atoms in total. The number of anilines is 1. The molecule has 0 saturated carbocycles. The molecular weight excluding hydrogens is 464 g/mol. The Kier molecular flexibility index (Phi) is 7.43. The topological polar surface area (TPSA) is 98.3 Å². The normalized spacial score (nSPS) is 10.8. The molecular formula is C30H32N4O3. The SMILES string of the molecule is CNC(=O)c1cc(N(C)C)ccc1-c1nc(-c2cc(C)c(O)c(C)c2)[nH]c1CCc1cccc(C=O)c1. The molecule has 1 aromatic heterocycles. The molecule has 37 heavy (non-hydrogen) atoms. The van der Waals surface area contributed by atoms with Crippen LogP contribution in [0.1, 0.15) is 43.1 Å². The number of aromatic nitrogens is 2. The van der Waals surface area contributed by atoms with E-state index in [0.29, 0.717) is 35.5 Å². The number of amides is 1. The number of carbonyl (C=O) groups excluding carboxylic acids is 2. The second-order valence-electron chi connectivity index (χ2n) is 9.44. The van der Waals surface area contributed by atoms with Gasteiger partial charge in [0.1, 0.15) is 17.9 Å². The molecule has 3 aromatic carbocycles. The first-order valence-electron chi connectivity index (χ1n) is 12.2. The van der Waals surface area contributed by atoms with Gasteiger partial charge in [-0.25, -0.2) is 4.98 Å². The van der Waals surface area contributed by atoms with Gasteiger partial charge in [0, 0.05) is 49.2 Å². The maximum Gasteiger partial charge on any atom is 0.251 e. The summed E-state index contributed by atoms with van der Waals surface area (Å²) in [6.07, 6.45) is 2.17. The van der Waals surface area contributed by atoms with E-state index in [4.69, 9.17) is 4.98 Å². The summed E-state index contributed by atoms with van der Waals surface area (Å²) in [5, 5.41) is 13.0. The van der Waals surface area contributed by atoms with E-state index in [0.717, 1.165) is 45.5 Å². The lowest BCUT2D eigenvalue weighted by molar-refractivity contribution is 0.0963. The number of aryl methyl sites for hydroxylation is 4. The number of benzene rings is 3. The van der Waals surface area contributed by atoms with Crippen LogP contribution in [0.25, 0.3) is 22.6 Å². The van der Waals surface area contributed by atoms with E-state index in [1.807, 2.05) is 81.4 Å². The van der Waals surface area contributed by atoms with Crippen LogP contribution in [0.3, 0.4) is 0 Å². The highest BCUT2D eigenvalue weighted by molar-refractivity contribution is 6.01. The zero-order chi connectivity index (χ0) is 26.7. The number of hydrogen-bond acceptors (Lipinski definition) is 5. The molecule has 0 spiro atoms. The predicted molar refractivity (Wildman–Crippen MR) is 148 cm³/mol. The van der Waals surface area contributed by atoms with Crippen LogP contribution >= 0.6 is 0 Å². The Balaban J connectivity index is 1.85. The second-order valence-corrected chi connectivity index (χ2v) is 9.44. The van der Waals surface area contributed by atoms with Gasteiger partial charge in [0.15, 0.2) is 0 Å². The summed E-state index contributed by atoms with van der Waals surface area (Å²) in [5.74, 6) is 0.744. The Hall–Kier alpha value is -4.39. The fraction of sp³-hybridized carbons (Fsp3) is 0.233. The maximum atomic E-state index is 12.9. The lowest BCUT2D eigenvalue weighted by Crippen LogP contribution is -2.20. The number of nitrogens with zero attached hydrogens (tertiary/aromatic N) is 2. The molecule has 1 heterocycles. The number of nitrogens with one attached hydrogen (secondary N) is 2. The first-order valence-corrected chi connectivity index (χ1v) is 12.2. The van der Waals surface area contributed by atoms with Gasteiger partial charge in [0.05, 0.1) is 11.3 Å². The number of hydrogen-bond donors (Lipinski definition) is 3. The van der Waals surface area contributed by atoms with Gasteiger partial charge in [-0.1, -0.05) is 18.2 Å². The van der Waals surface area contributed by atoms with Crippen LogP contribution in [0, 0.1) is 13.8 Å². The third kappa shape index (κ3) is 5.40. The molecule has 0 saturated heterocycles. The van der Waals surface area contributed by atoms with Crippen LogP contribution in [0.2, 0.25) is 0 Å². The van der Waals surface area contributed by atoms with Crippen molar-refractivity contribution in [1.82, 2.24) is 15.3 Å². The van der Waals surface area contributed by atoms with Crippen LogP contribution < -0.4 is 10.2 Å². The molecule has 0 aliphatic heterocycles. The minimum atomic E-state index is -0.191. The lowest BCUT2D eigenvalue weighted by Gasteiger charge is -2.16. The number of aromatic amines is 1. The number of carbonyl (C=O) groups is 2. The van der Waals surface area contributed by atoms with Gasteiger partial charge >= 0.3 is 0 Å². The standard InChI is InChI=1S/C30H32N4O3/c1-18-13-22(14-19(2)28(18)36)29-32-26(12-9-20-7-6-8-21(15-20)17-35)27(33-29)24-11-10-23(34(4)5)16-25(24)30(37)31-3/h6-8,10-11,13-17,36H,9,12H2,1-5H3,(H,31,37)(H,32,33). The molecule has 4 rings (SSSR count). The molecule has 4 aromatic rings. The average Bonchev–Trinajstić information content (AvgIpc) is 3.33.